The number of rotatable bonds is 6. The van der Waals surface area contributed by atoms with Gasteiger partial charge in [-0.3, -0.25) is 4.79 Å². The fraction of sp³-hybridized carbons (Fsp3) is 0.214. The Labute approximate surface area is 212 Å². The van der Waals surface area contributed by atoms with E-state index in [4.69, 9.17) is 28.4 Å². The SMILES string of the molecule is COC(=O)Oc1c(-c2ccc3c(c2)OCO3)c2c(OC)c(OC)ccc2n(Cc2ccccc2C)c1=O. The van der Waals surface area contributed by atoms with Gasteiger partial charge in [0, 0.05) is 5.56 Å². The summed E-state index contributed by atoms with van der Waals surface area (Å²) in [5.74, 6) is 1.68. The summed E-state index contributed by atoms with van der Waals surface area (Å²) in [5, 5.41) is 0.521. The lowest BCUT2D eigenvalue weighted by atomic mass is 9.97. The maximum atomic E-state index is 14.0. The van der Waals surface area contributed by atoms with Gasteiger partial charge in [-0.05, 0) is 47.9 Å². The first kappa shape index (κ1) is 24.1. The van der Waals surface area contributed by atoms with Gasteiger partial charge < -0.3 is 33.0 Å². The van der Waals surface area contributed by atoms with E-state index in [0.29, 0.717) is 45.0 Å². The topological polar surface area (TPSA) is 94.5 Å². The van der Waals surface area contributed by atoms with E-state index in [9.17, 15) is 9.59 Å². The number of aryl methyl sites for hydroxylation is 1. The number of carbonyl (C=O) groups is 1. The molecule has 2 heterocycles. The van der Waals surface area contributed by atoms with Crippen molar-refractivity contribution in [2.24, 2.45) is 0 Å². The van der Waals surface area contributed by atoms with E-state index in [1.54, 1.807) is 34.9 Å². The number of ether oxygens (including phenoxy) is 6. The summed E-state index contributed by atoms with van der Waals surface area (Å²) in [6.45, 7) is 2.29. The molecular formula is C28H25NO8. The van der Waals surface area contributed by atoms with Crippen molar-refractivity contribution < 1.29 is 33.2 Å². The second-order valence-electron chi connectivity index (χ2n) is 8.34. The number of carbonyl (C=O) groups excluding carboxylic acids is 1. The van der Waals surface area contributed by atoms with E-state index >= 15 is 0 Å². The van der Waals surface area contributed by atoms with Crippen molar-refractivity contribution in [2.45, 2.75) is 13.5 Å². The molecule has 0 N–H and O–H groups in total. The molecular weight excluding hydrogens is 478 g/mol. The van der Waals surface area contributed by atoms with Crippen molar-refractivity contribution >= 4 is 17.1 Å². The third-order valence-electron chi connectivity index (χ3n) is 6.33. The Hall–Kier alpha value is -4.66. The molecule has 0 amide bonds. The minimum Gasteiger partial charge on any atom is -0.493 e. The lowest BCUT2D eigenvalue weighted by Crippen LogP contribution is -2.26. The summed E-state index contributed by atoms with van der Waals surface area (Å²) in [6, 6.07) is 16.5. The smallest absolute Gasteiger partial charge is 0.493 e. The molecule has 1 aliphatic rings. The third kappa shape index (κ3) is 4.18. The summed E-state index contributed by atoms with van der Waals surface area (Å²) in [6.07, 6.45) is -1.03. The fourth-order valence-electron chi connectivity index (χ4n) is 4.50. The molecule has 0 saturated carbocycles. The number of benzene rings is 3. The molecule has 0 atom stereocenters. The molecule has 0 bridgehead atoms. The van der Waals surface area contributed by atoms with Crippen LogP contribution >= 0.6 is 0 Å². The van der Waals surface area contributed by atoms with Crippen LogP contribution in [0, 0.1) is 6.92 Å². The molecule has 4 aromatic rings. The Morgan fingerprint density at radius 3 is 2.46 bits per heavy atom. The van der Waals surface area contributed by atoms with Crippen molar-refractivity contribution in [3.8, 4) is 39.9 Å². The summed E-state index contributed by atoms with van der Waals surface area (Å²) in [5.41, 5.74) is 2.89. The van der Waals surface area contributed by atoms with Crippen LogP contribution in [0.25, 0.3) is 22.0 Å². The first-order valence-corrected chi connectivity index (χ1v) is 11.5. The summed E-state index contributed by atoms with van der Waals surface area (Å²) in [7, 11) is 4.22. The molecule has 5 rings (SSSR count). The van der Waals surface area contributed by atoms with Gasteiger partial charge >= 0.3 is 6.16 Å². The summed E-state index contributed by atoms with van der Waals surface area (Å²) in [4.78, 5) is 26.4. The molecule has 1 aliphatic heterocycles. The van der Waals surface area contributed by atoms with Gasteiger partial charge in [0.05, 0.1) is 38.8 Å². The summed E-state index contributed by atoms with van der Waals surface area (Å²) >= 11 is 0. The van der Waals surface area contributed by atoms with E-state index in [1.165, 1.54) is 21.3 Å². The quantitative estimate of drug-likeness (QED) is 0.343. The molecule has 0 spiro atoms. The first-order valence-electron chi connectivity index (χ1n) is 11.5. The van der Waals surface area contributed by atoms with Crippen molar-refractivity contribution in [1.29, 1.82) is 0 Å². The van der Waals surface area contributed by atoms with Crippen LogP contribution in [-0.4, -0.2) is 38.8 Å². The predicted octanol–water partition coefficient (Wildman–Crippen LogP) is 4.92. The van der Waals surface area contributed by atoms with E-state index in [2.05, 4.69) is 0 Å². The number of methoxy groups -OCH3 is 3. The van der Waals surface area contributed by atoms with E-state index in [-0.39, 0.29) is 19.1 Å². The molecule has 0 saturated heterocycles. The van der Waals surface area contributed by atoms with Gasteiger partial charge in [-0.1, -0.05) is 30.3 Å². The molecule has 9 heteroatoms. The lowest BCUT2D eigenvalue weighted by Gasteiger charge is -2.21. The maximum Gasteiger partial charge on any atom is 0.513 e. The highest BCUT2D eigenvalue weighted by atomic mass is 16.7. The Morgan fingerprint density at radius 1 is 0.946 bits per heavy atom. The number of hydrogen-bond donors (Lipinski definition) is 0. The van der Waals surface area contributed by atoms with E-state index in [0.717, 1.165) is 11.1 Å². The molecule has 37 heavy (non-hydrogen) atoms. The molecule has 1 aromatic heterocycles. The highest BCUT2D eigenvalue weighted by Crippen LogP contribution is 2.46. The molecule has 0 aliphatic carbocycles. The van der Waals surface area contributed by atoms with Gasteiger partial charge in [-0.2, -0.15) is 0 Å². The van der Waals surface area contributed by atoms with E-state index in [1.807, 2.05) is 31.2 Å². The Bertz CT molecular complexity index is 1570. The standard InChI is InChI=1S/C28H25NO8/c1-16-7-5-6-8-18(16)14-29-19-10-12-21(32-2)25(33-3)24(19)23(26(27(29)30)37-28(31)34-4)17-9-11-20-22(13-17)36-15-35-20/h5-13H,14-15H2,1-4H3. The van der Waals surface area contributed by atoms with Gasteiger partial charge in [0.25, 0.3) is 5.56 Å². The second kappa shape index (κ2) is 9.77. The van der Waals surface area contributed by atoms with E-state index < -0.39 is 11.7 Å². The van der Waals surface area contributed by atoms with Crippen molar-refractivity contribution in [2.75, 3.05) is 28.1 Å². The van der Waals surface area contributed by atoms with Crippen LogP contribution in [0.5, 0.6) is 28.7 Å². The van der Waals surface area contributed by atoms with Gasteiger partial charge in [0.15, 0.2) is 23.0 Å². The Kier molecular flexibility index (Phi) is 6.35. The zero-order valence-corrected chi connectivity index (χ0v) is 20.8. The zero-order valence-electron chi connectivity index (χ0n) is 20.8. The molecule has 190 valence electrons. The minimum atomic E-state index is -1.03. The van der Waals surface area contributed by atoms with Crippen LogP contribution in [0.2, 0.25) is 0 Å². The van der Waals surface area contributed by atoms with Crippen LogP contribution < -0.4 is 29.2 Å². The average molecular weight is 504 g/mol. The number of pyridine rings is 1. The third-order valence-corrected chi connectivity index (χ3v) is 6.33. The van der Waals surface area contributed by atoms with Gasteiger partial charge in [0.2, 0.25) is 12.5 Å². The number of fused-ring (bicyclic) bond motifs is 2. The first-order chi connectivity index (χ1) is 18.0. The van der Waals surface area contributed by atoms with Gasteiger partial charge in [0.1, 0.15) is 0 Å². The minimum absolute atomic E-state index is 0.0835. The van der Waals surface area contributed by atoms with Crippen molar-refractivity contribution in [3.05, 3.63) is 76.1 Å². The monoisotopic (exact) mass is 503 g/mol. The maximum absolute atomic E-state index is 14.0. The van der Waals surface area contributed by atoms with Crippen LogP contribution in [-0.2, 0) is 11.3 Å². The number of aromatic nitrogens is 1. The molecule has 0 radical (unpaired) electrons. The Morgan fingerprint density at radius 2 is 1.73 bits per heavy atom. The highest BCUT2D eigenvalue weighted by molar-refractivity contribution is 6.04. The molecule has 0 fully saturated rings. The van der Waals surface area contributed by atoms with Crippen LogP contribution in [0.1, 0.15) is 11.1 Å². The van der Waals surface area contributed by atoms with Crippen molar-refractivity contribution in [3.63, 3.8) is 0 Å². The lowest BCUT2D eigenvalue weighted by molar-refractivity contribution is 0.121. The van der Waals surface area contributed by atoms with Crippen molar-refractivity contribution in [1.82, 2.24) is 4.57 Å². The molecule has 0 unspecified atom stereocenters. The second-order valence-corrected chi connectivity index (χ2v) is 8.34. The molecule has 9 nitrogen and oxygen atoms in total. The fourth-order valence-corrected chi connectivity index (χ4v) is 4.50. The highest BCUT2D eigenvalue weighted by Gasteiger charge is 2.28. The number of hydrogen-bond acceptors (Lipinski definition) is 8. The van der Waals surface area contributed by atoms with Crippen LogP contribution in [0.15, 0.2) is 59.4 Å². The van der Waals surface area contributed by atoms with Crippen LogP contribution in [0.4, 0.5) is 4.79 Å². The largest absolute Gasteiger partial charge is 0.513 e. The predicted molar refractivity (Wildman–Crippen MR) is 136 cm³/mol. The zero-order chi connectivity index (χ0) is 26.1. The van der Waals surface area contributed by atoms with Gasteiger partial charge in [-0.25, -0.2) is 4.79 Å². The Balaban J connectivity index is 1.90. The molecule has 3 aromatic carbocycles. The van der Waals surface area contributed by atoms with Gasteiger partial charge in [-0.15, -0.1) is 0 Å². The van der Waals surface area contributed by atoms with Crippen LogP contribution in [0.3, 0.4) is 0 Å². The average Bonchev–Trinajstić information content (AvgIpc) is 3.39. The normalized spacial score (nSPS) is 11.9. The summed E-state index contributed by atoms with van der Waals surface area (Å²) < 4.78 is 34.2. The number of nitrogens with zero attached hydrogens (tertiary/aromatic N) is 1.